The molecule has 0 bridgehead atoms. The monoisotopic (exact) mass is 257 g/mol. The maximum Gasteiger partial charge on any atom is 0.214 e. The van der Waals surface area contributed by atoms with Crippen molar-refractivity contribution in [2.45, 2.75) is 32.4 Å². The van der Waals surface area contributed by atoms with Crippen LogP contribution >= 0.6 is 0 Å². The highest BCUT2D eigenvalue weighted by atomic mass is 32.2. The highest BCUT2D eigenvalue weighted by Gasteiger charge is 2.36. The molecule has 1 fully saturated rings. The van der Waals surface area contributed by atoms with Crippen molar-refractivity contribution in [3.63, 3.8) is 0 Å². The van der Waals surface area contributed by atoms with Crippen molar-refractivity contribution in [1.82, 2.24) is 4.31 Å². The second-order valence-electron chi connectivity index (χ2n) is 4.30. The molecule has 1 aliphatic rings. The average molecular weight is 257 g/mol. The van der Waals surface area contributed by atoms with Crippen LogP contribution in [0.4, 0.5) is 4.39 Å². The van der Waals surface area contributed by atoms with Crippen LogP contribution in [-0.4, -0.2) is 24.5 Å². The van der Waals surface area contributed by atoms with Gasteiger partial charge in [0.1, 0.15) is 5.82 Å². The molecule has 0 heterocycles. The first-order valence-corrected chi connectivity index (χ1v) is 7.38. The van der Waals surface area contributed by atoms with Crippen LogP contribution in [-0.2, 0) is 16.6 Å². The highest BCUT2D eigenvalue weighted by molar-refractivity contribution is 7.89. The third kappa shape index (κ3) is 3.04. The van der Waals surface area contributed by atoms with Crippen LogP contribution in [0.1, 0.15) is 25.3 Å². The van der Waals surface area contributed by atoms with E-state index in [1.807, 2.05) is 0 Å². The molecule has 0 atom stereocenters. The molecular formula is C12H16FNO2S. The van der Waals surface area contributed by atoms with E-state index in [1.54, 1.807) is 23.4 Å². The van der Waals surface area contributed by atoms with E-state index in [4.69, 9.17) is 0 Å². The van der Waals surface area contributed by atoms with Crippen molar-refractivity contribution in [2.75, 3.05) is 5.75 Å². The predicted octanol–water partition coefficient (Wildman–Crippen LogP) is 2.14. The fourth-order valence-corrected chi connectivity index (χ4v) is 3.10. The summed E-state index contributed by atoms with van der Waals surface area (Å²) in [5, 5.41) is 0. The first kappa shape index (κ1) is 12.5. The van der Waals surface area contributed by atoms with Gasteiger partial charge in [-0.05, 0) is 37.5 Å². The lowest BCUT2D eigenvalue weighted by molar-refractivity contribution is 0.399. The van der Waals surface area contributed by atoms with Crippen molar-refractivity contribution in [1.29, 1.82) is 0 Å². The molecule has 1 saturated carbocycles. The van der Waals surface area contributed by atoms with Gasteiger partial charge in [-0.1, -0.05) is 12.1 Å². The molecule has 0 amide bonds. The number of hydrogen-bond donors (Lipinski definition) is 0. The second-order valence-corrected chi connectivity index (χ2v) is 6.51. The Morgan fingerprint density at radius 1 is 1.29 bits per heavy atom. The van der Waals surface area contributed by atoms with Gasteiger partial charge in [0.15, 0.2) is 0 Å². The third-order valence-corrected chi connectivity index (χ3v) is 4.80. The molecule has 5 heteroatoms. The van der Waals surface area contributed by atoms with Crippen molar-refractivity contribution >= 4 is 10.0 Å². The number of nitrogens with zero attached hydrogens (tertiary/aromatic N) is 1. The molecule has 0 aromatic heterocycles. The second kappa shape index (κ2) is 4.74. The molecule has 1 aromatic rings. The summed E-state index contributed by atoms with van der Waals surface area (Å²) in [4.78, 5) is 0. The summed E-state index contributed by atoms with van der Waals surface area (Å²) in [6, 6.07) is 6.13. The smallest absolute Gasteiger partial charge is 0.212 e. The predicted molar refractivity (Wildman–Crippen MR) is 64.4 cm³/mol. The summed E-state index contributed by atoms with van der Waals surface area (Å²) in [5.74, 6) is -0.185. The normalized spacial score (nSPS) is 16.4. The van der Waals surface area contributed by atoms with E-state index in [-0.39, 0.29) is 17.6 Å². The number of hydrogen-bond acceptors (Lipinski definition) is 2. The summed E-state index contributed by atoms with van der Waals surface area (Å²) in [6.07, 6.45) is 1.86. The zero-order valence-electron chi connectivity index (χ0n) is 9.77. The molecule has 1 aliphatic carbocycles. The van der Waals surface area contributed by atoms with Crippen molar-refractivity contribution in [2.24, 2.45) is 0 Å². The fourth-order valence-electron chi connectivity index (χ4n) is 1.75. The Hall–Kier alpha value is -0.940. The first-order valence-electron chi connectivity index (χ1n) is 5.77. The molecule has 94 valence electrons. The van der Waals surface area contributed by atoms with Crippen molar-refractivity contribution < 1.29 is 12.8 Å². The molecule has 0 N–H and O–H groups in total. The van der Waals surface area contributed by atoms with E-state index in [9.17, 15) is 12.8 Å². The Morgan fingerprint density at radius 3 is 2.35 bits per heavy atom. The van der Waals surface area contributed by atoms with Crippen LogP contribution in [0.15, 0.2) is 24.3 Å². The Kier molecular flexibility index (Phi) is 3.49. The molecule has 17 heavy (non-hydrogen) atoms. The lowest BCUT2D eigenvalue weighted by Gasteiger charge is -2.21. The SMILES string of the molecule is CCS(=O)(=O)N(Cc1ccc(F)cc1)C1CC1. The van der Waals surface area contributed by atoms with Gasteiger partial charge in [0, 0.05) is 12.6 Å². The van der Waals surface area contributed by atoms with Crippen LogP contribution in [0, 0.1) is 5.82 Å². The van der Waals surface area contributed by atoms with Gasteiger partial charge < -0.3 is 0 Å². The van der Waals surface area contributed by atoms with Gasteiger partial charge >= 0.3 is 0 Å². The van der Waals surface area contributed by atoms with Gasteiger partial charge in [0.05, 0.1) is 5.75 Å². The van der Waals surface area contributed by atoms with Crippen molar-refractivity contribution in [3.8, 4) is 0 Å². The standard InChI is InChI=1S/C12H16FNO2S/c1-2-17(15,16)14(12-7-8-12)9-10-3-5-11(13)6-4-10/h3-6,12H,2,7-9H2,1H3. The van der Waals surface area contributed by atoms with Gasteiger partial charge in [-0.25, -0.2) is 12.8 Å². The van der Waals surface area contributed by atoms with Crippen LogP contribution in [0.5, 0.6) is 0 Å². The Balaban J connectivity index is 2.16. The van der Waals surface area contributed by atoms with Gasteiger partial charge in [-0.2, -0.15) is 4.31 Å². The lowest BCUT2D eigenvalue weighted by atomic mass is 10.2. The van der Waals surface area contributed by atoms with E-state index < -0.39 is 10.0 Å². The Bertz CT molecular complexity index is 480. The molecule has 1 aromatic carbocycles. The number of halogens is 1. The zero-order valence-corrected chi connectivity index (χ0v) is 10.6. The van der Waals surface area contributed by atoms with Crippen molar-refractivity contribution in [3.05, 3.63) is 35.6 Å². The molecule has 2 rings (SSSR count). The summed E-state index contributed by atoms with van der Waals surface area (Å²) < 4.78 is 38.1. The minimum Gasteiger partial charge on any atom is -0.212 e. The average Bonchev–Trinajstić information content (AvgIpc) is 3.12. The maximum atomic E-state index is 12.8. The third-order valence-electron chi connectivity index (χ3n) is 2.93. The van der Waals surface area contributed by atoms with Crippen LogP contribution in [0.25, 0.3) is 0 Å². The Labute approximate surface area is 101 Å². The first-order chi connectivity index (χ1) is 8.03. The van der Waals surface area contributed by atoms with E-state index in [1.165, 1.54) is 12.1 Å². The highest BCUT2D eigenvalue weighted by Crippen LogP contribution is 2.30. The summed E-state index contributed by atoms with van der Waals surface area (Å²) in [6.45, 7) is 2.00. The fraction of sp³-hybridized carbons (Fsp3) is 0.500. The van der Waals surface area contributed by atoms with Crippen LogP contribution in [0.3, 0.4) is 0 Å². The summed E-state index contributed by atoms with van der Waals surface area (Å²) in [7, 11) is -3.17. The summed E-state index contributed by atoms with van der Waals surface area (Å²) >= 11 is 0. The quantitative estimate of drug-likeness (QED) is 0.810. The minimum absolute atomic E-state index is 0.116. The minimum atomic E-state index is -3.17. The van der Waals surface area contributed by atoms with Crippen LogP contribution < -0.4 is 0 Å². The largest absolute Gasteiger partial charge is 0.214 e. The van der Waals surface area contributed by atoms with Gasteiger partial charge in [0.25, 0.3) is 0 Å². The van der Waals surface area contributed by atoms with E-state index in [2.05, 4.69) is 0 Å². The molecule has 3 nitrogen and oxygen atoms in total. The number of sulfonamides is 1. The number of rotatable bonds is 5. The topological polar surface area (TPSA) is 37.4 Å². The molecule has 0 radical (unpaired) electrons. The molecule has 0 spiro atoms. The van der Waals surface area contributed by atoms with E-state index >= 15 is 0 Å². The molecule has 0 saturated heterocycles. The maximum absolute atomic E-state index is 12.8. The lowest BCUT2D eigenvalue weighted by Crippen LogP contribution is -2.33. The van der Waals surface area contributed by atoms with Crippen LogP contribution in [0.2, 0.25) is 0 Å². The Morgan fingerprint density at radius 2 is 1.88 bits per heavy atom. The van der Waals surface area contributed by atoms with Gasteiger partial charge in [-0.15, -0.1) is 0 Å². The van der Waals surface area contributed by atoms with Gasteiger partial charge in [-0.3, -0.25) is 0 Å². The summed E-state index contributed by atoms with van der Waals surface area (Å²) in [5.41, 5.74) is 0.829. The zero-order chi connectivity index (χ0) is 12.5. The van der Waals surface area contributed by atoms with Gasteiger partial charge in [0.2, 0.25) is 10.0 Å². The molecular weight excluding hydrogens is 241 g/mol. The van der Waals surface area contributed by atoms with E-state index in [0.717, 1.165) is 18.4 Å². The molecule has 0 aliphatic heterocycles. The van der Waals surface area contributed by atoms with E-state index in [0.29, 0.717) is 6.54 Å². The molecule has 0 unspecified atom stereocenters. The number of benzene rings is 1.